The Kier molecular flexibility index (Phi) is 3.99. The van der Waals surface area contributed by atoms with E-state index >= 15 is 0 Å². The molecule has 0 aromatic heterocycles. The van der Waals surface area contributed by atoms with Gasteiger partial charge in [0.1, 0.15) is 0 Å². The highest BCUT2D eigenvalue weighted by Gasteiger charge is 2.28. The van der Waals surface area contributed by atoms with Crippen LogP contribution in [0.15, 0.2) is 11.6 Å². The molecule has 3 heteroatoms. The second kappa shape index (κ2) is 5.48. The zero-order valence-electron chi connectivity index (χ0n) is 9.82. The predicted molar refractivity (Wildman–Crippen MR) is 62.9 cm³/mol. The lowest BCUT2D eigenvalue weighted by atomic mass is 9.97. The van der Waals surface area contributed by atoms with Gasteiger partial charge in [-0.15, -0.1) is 0 Å². The van der Waals surface area contributed by atoms with Crippen LogP contribution in [-0.4, -0.2) is 35.6 Å². The van der Waals surface area contributed by atoms with Gasteiger partial charge in [-0.25, -0.2) is 0 Å². The number of carbonyl (C=O) groups is 1. The third-order valence-corrected chi connectivity index (χ3v) is 3.64. The fourth-order valence-corrected chi connectivity index (χ4v) is 2.60. The SMILES string of the molecule is O=C1CC(CO)CN1CCC1=CCCCC1. The first-order chi connectivity index (χ1) is 7.79. The number of likely N-dealkylation sites (tertiary alicyclic amines) is 1. The van der Waals surface area contributed by atoms with Crippen LogP contribution in [0.1, 0.15) is 38.5 Å². The number of aliphatic hydroxyl groups excluding tert-OH is 1. The molecule has 1 saturated heterocycles. The average molecular weight is 223 g/mol. The average Bonchev–Trinajstić information content (AvgIpc) is 2.69. The van der Waals surface area contributed by atoms with E-state index in [1.165, 1.54) is 31.3 Å². The summed E-state index contributed by atoms with van der Waals surface area (Å²) in [6.07, 6.45) is 8.96. The van der Waals surface area contributed by atoms with Crippen molar-refractivity contribution < 1.29 is 9.90 Å². The van der Waals surface area contributed by atoms with Crippen molar-refractivity contribution in [1.82, 2.24) is 4.90 Å². The summed E-state index contributed by atoms with van der Waals surface area (Å²) in [5, 5.41) is 9.03. The number of hydrogen-bond acceptors (Lipinski definition) is 2. The first kappa shape index (κ1) is 11.6. The van der Waals surface area contributed by atoms with Crippen LogP contribution in [0.25, 0.3) is 0 Å². The first-order valence-electron chi connectivity index (χ1n) is 6.36. The summed E-state index contributed by atoms with van der Waals surface area (Å²) in [6, 6.07) is 0. The van der Waals surface area contributed by atoms with Crippen molar-refractivity contribution in [3.63, 3.8) is 0 Å². The number of aliphatic hydroxyl groups is 1. The minimum absolute atomic E-state index is 0.144. The van der Waals surface area contributed by atoms with Gasteiger partial charge in [0.15, 0.2) is 0 Å². The maximum absolute atomic E-state index is 11.6. The van der Waals surface area contributed by atoms with Gasteiger partial charge in [-0.3, -0.25) is 4.79 Å². The highest BCUT2D eigenvalue weighted by molar-refractivity contribution is 5.78. The summed E-state index contributed by atoms with van der Waals surface area (Å²) in [5.41, 5.74) is 1.52. The van der Waals surface area contributed by atoms with Crippen molar-refractivity contribution in [2.24, 2.45) is 5.92 Å². The monoisotopic (exact) mass is 223 g/mol. The molecule has 1 aliphatic carbocycles. The standard InChI is InChI=1S/C13H21NO2/c15-10-12-8-13(16)14(9-12)7-6-11-4-2-1-3-5-11/h4,12,15H,1-3,5-10H2. The molecule has 0 aromatic rings. The molecular weight excluding hydrogens is 202 g/mol. The molecule has 2 aliphatic rings. The molecule has 16 heavy (non-hydrogen) atoms. The summed E-state index contributed by atoms with van der Waals surface area (Å²) in [5.74, 6) is 0.392. The van der Waals surface area contributed by atoms with Crippen LogP contribution in [0, 0.1) is 5.92 Å². The predicted octanol–water partition coefficient (Wildman–Crippen LogP) is 1.72. The van der Waals surface area contributed by atoms with Gasteiger partial charge < -0.3 is 10.0 Å². The van der Waals surface area contributed by atoms with Crippen molar-refractivity contribution in [3.05, 3.63) is 11.6 Å². The normalized spacial score (nSPS) is 26.1. The third-order valence-electron chi connectivity index (χ3n) is 3.64. The minimum Gasteiger partial charge on any atom is -0.396 e. The molecule has 1 fully saturated rings. The quantitative estimate of drug-likeness (QED) is 0.737. The summed E-state index contributed by atoms with van der Waals surface area (Å²) in [7, 11) is 0. The molecule has 0 radical (unpaired) electrons. The van der Waals surface area contributed by atoms with E-state index in [2.05, 4.69) is 6.08 Å². The fourth-order valence-electron chi connectivity index (χ4n) is 2.60. The molecule has 3 nitrogen and oxygen atoms in total. The highest BCUT2D eigenvalue weighted by Crippen LogP contribution is 2.22. The van der Waals surface area contributed by atoms with Crippen molar-refractivity contribution in [2.45, 2.75) is 38.5 Å². The maximum atomic E-state index is 11.6. The van der Waals surface area contributed by atoms with E-state index in [1.54, 1.807) is 0 Å². The lowest BCUT2D eigenvalue weighted by Crippen LogP contribution is -2.27. The molecule has 2 rings (SSSR count). The molecular formula is C13H21NO2. The molecule has 0 spiro atoms. The lowest BCUT2D eigenvalue weighted by Gasteiger charge is -2.19. The van der Waals surface area contributed by atoms with Gasteiger partial charge in [0, 0.05) is 32.0 Å². The van der Waals surface area contributed by atoms with Gasteiger partial charge in [-0.05, 0) is 32.1 Å². The Labute approximate surface area is 97.1 Å². The van der Waals surface area contributed by atoms with Gasteiger partial charge in [0.25, 0.3) is 0 Å². The Balaban J connectivity index is 1.77. The Hall–Kier alpha value is -0.830. The molecule has 1 unspecified atom stereocenters. The largest absolute Gasteiger partial charge is 0.396 e. The van der Waals surface area contributed by atoms with E-state index in [-0.39, 0.29) is 18.4 Å². The minimum atomic E-state index is 0.144. The van der Waals surface area contributed by atoms with E-state index in [0.29, 0.717) is 6.42 Å². The van der Waals surface area contributed by atoms with Gasteiger partial charge in [0.05, 0.1) is 0 Å². The van der Waals surface area contributed by atoms with Gasteiger partial charge in [0.2, 0.25) is 5.91 Å². The topological polar surface area (TPSA) is 40.5 Å². The van der Waals surface area contributed by atoms with Crippen LogP contribution < -0.4 is 0 Å². The Morgan fingerprint density at radius 3 is 2.94 bits per heavy atom. The van der Waals surface area contributed by atoms with Crippen LogP contribution in [-0.2, 0) is 4.79 Å². The number of allylic oxidation sites excluding steroid dienone is 1. The first-order valence-corrected chi connectivity index (χ1v) is 6.36. The Bertz CT molecular complexity index is 286. The summed E-state index contributed by atoms with van der Waals surface area (Å²) in [6.45, 7) is 1.74. The molecule has 90 valence electrons. The van der Waals surface area contributed by atoms with Gasteiger partial charge >= 0.3 is 0 Å². The zero-order chi connectivity index (χ0) is 11.4. The fraction of sp³-hybridized carbons (Fsp3) is 0.769. The van der Waals surface area contributed by atoms with E-state index < -0.39 is 0 Å². The number of hydrogen-bond donors (Lipinski definition) is 1. The summed E-state index contributed by atoms with van der Waals surface area (Å²) in [4.78, 5) is 13.5. The maximum Gasteiger partial charge on any atom is 0.223 e. The number of rotatable bonds is 4. The van der Waals surface area contributed by atoms with E-state index in [9.17, 15) is 4.79 Å². The molecule has 0 bridgehead atoms. The molecule has 0 saturated carbocycles. The third kappa shape index (κ3) is 2.85. The van der Waals surface area contributed by atoms with E-state index in [0.717, 1.165) is 19.5 Å². The van der Waals surface area contributed by atoms with Crippen molar-refractivity contribution in [3.8, 4) is 0 Å². The van der Waals surface area contributed by atoms with Crippen molar-refractivity contribution in [1.29, 1.82) is 0 Å². The zero-order valence-corrected chi connectivity index (χ0v) is 9.82. The van der Waals surface area contributed by atoms with Crippen LogP contribution >= 0.6 is 0 Å². The second-order valence-corrected chi connectivity index (χ2v) is 4.95. The van der Waals surface area contributed by atoms with E-state index in [1.807, 2.05) is 4.90 Å². The number of amides is 1. The lowest BCUT2D eigenvalue weighted by molar-refractivity contribution is -0.127. The Morgan fingerprint density at radius 2 is 2.31 bits per heavy atom. The van der Waals surface area contributed by atoms with Crippen LogP contribution in [0.5, 0.6) is 0 Å². The van der Waals surface area contributed by atoms with Crippen molar-refractivity contribution in [2.75, 3.05) is 19.7 Å². The molecule has 1 N–H and O–H groups in total. The summed E-state index contributed by atoms with van der Waals surface area (Å²) < 4.78 is 0. The smallest absolute Gasteiger partial charge is 0.223 e. The Morgan fingerprint density at radius 1 is 1.44 bits per heavy atom. The molecule has 1 amide bonds. The molecule has 0 aromatic carbocycles. The van der Waals surface area contributed by atoms with Gasteiger partial charge in [-0.1, -0.05) is 11.6 Å². The summed E-state index contributed by atoms with van der Waals surface area (Å²) >= 11 is 0. The highest BCUT2D eigenvalue weighted by atomic mass is 16.3. The van der Waals surface area contributed by atoms with Crippen LogP contribution in [0.4, 0.5) is 0 Å². The number of carbonyl (C=O) groups excluding carboxylic acids is 1. The molecule has 1 heterocycles. The van der Waals surface area contributed by atoms with Crippen LogP contribution in [0.2, 0.25) is 0 Å². The van der Waals surface area contributed by atoms with E-state index in [4.69, 9.17) is 5.11 Å². The van der Waals surface area contributed by atoms with Crippen LogP contribution in [0.3, 0.4) is 0 Å². The second-order valence-electron chi connectivity index (χ2n) is 4.95. The number of nitrogens with zero attached hydrogens (tertiary/aromatic N) is 1. The van der Waals surface area contributed by atoms with Crippen molar-refractivity contribution >= 4 is 5.91 Å². The molecule has 1 atom stereocenters. The molecule has 1 aliphatic heterocycles. The van der Waals surface area contributed by atoms with Gasteiger partial charge in [-0.2, -0.15) is 0 Å².